The van der Waals surface area contributed by atoms with Gasteiger partial charge in [-0.3, -0.25) is 0 Å². The van der Waals surface area contributed by atoms with Crippen LogP contribution in [0.1, 0.15) is 27.0 Å². The van der Waals surface area contributed by atoms with Gasteiger partial charge >= 0.3 is 12.1 Å². The molecule has 5 heteroatoms. The summed E-state index contributed by atoms with van der Waals surface area (Å²) in [7, 11) is 0. The van der Waals surface area contributed by atoms with Gasteiger partial charge in [-0.05, 0) is 29.7 Å². The fourth-order valence-electron chi connectivity index (χ4n) is 1.96. The predicted octanol–water partition coefficient (Wildman–Crippen LogP) is 3.99. The lowest BCUT2D eigenvalue weighted by Gasteiger charge is -2.10. The van der Waals surface area contributed by atoms with Crippen LogP contribution >= 0.6 is 0 Å². The molecule has 0 aliphatic carbocycles. The first kappa shape index (κ1) is 14.1. The maximum atomic E-state index is 12.6. The Balaban J connectivity index is 2.34. The maximum Gasteiger partial charge on any atom is 0.416 e. The van der Waals surface area contributed by atoms with Crippen LogP contribution in [0.2, 0.25) is 0 Å². The van der Waals surface area contributed by atoms with Crippen molar-refractivity contribution in [2.24, 2.45) is 0 Å². The fraction of sp³-hybridized carbons (Fsp3) is 0.133. The maximum absolute atomic E-state index is 12.6. The van der Waals surface area contributed by atoms with Gasteiger partial charge in [0.25, 0.3) is 0 Å². The molecule has 2 rings (SSSR count). The molecule has 0 saturated carbocycles. The third kappa shape index (κ3) is 3.17. The van der Waals surface area contributed by atoms with E-state index in [1.807, 2.05) is 0 Å². The number of carboxylic acid groups (broad SMARTS) is 1. The number of halogens is 3. The highest BCUT2D eigenvalue weighted by atomic mass is 19.4. The van der Waals surface area contributed by atoms with Crippen molar-refractivity contribution < 1.29 is 23.1 Å². The topological polar surface area (TPSA) is 37.3 Å². The molecule has 2 aromatic carbocycles. The second-order valence-electron chi connectivity index (χ2n) is 4.34. The van der Waals surface area contributed by atoms with Gasteiger partial charge in [0.15, 0.2) is 0 Å². The molecule has 2 nitrogen and oxygen atoms in total. The van der Waals surface area contributed by atoms with Crippen molar-refractivity contribution in [3.05, 3.63) is 70.8 Å². The van der Waals surface area contributed by atoms with Crippen molar-refractivity contribution in [2.75, 3.05) is 0 Å². The van der Waals surface area contributed by atoms with Crippen LogP contribution in [-0.2, 0) is 12.6 Å². The minimum absolute atomic E-state index is 0.102. The molecule has 0 spiro atoms. The van der Waals surface area contributed by atoms with Gasteiger partial charge in [0.2, 0.25) is 0 Å². The van der Waals surface area contributed by atoms with Crippen LogP contribution in [0, 0.1) is 0 Å². The van der Waals surface area contributed by atoms with Crippen molar-refractivity contribution in [3.63, 3.8) is 0 Å². The Bertz CT molecular complexity index is 633. The van der Waals surface area contributed by atoms with E-state index in [1.54, 1.807) is 24.3 Å². The summed E-state index contributed by atoms with van der Waals surface area (Å²) in [6.45, 7) is 0. The lowest BCUT2D eigenvalue weighted by molar-refractivity contribution is -0.137. The van der Waals surface area contributed by atoms with E-state index in [9.17, 15) is 18.0 Å². The highest BCUT2D eigenvalue weighted by Crippen LogP contribution is 2.30. The van der Waals surface area contributed by atoms with E-state index in [1.165, 1.54) is 12.1 Å². The highest BCUT2D eigenvalue weighted by Gasteiger charge is 2.30. The van der Waals surface area contributed by atoms with E-state index in [2.05, 4.69) is 0 Å². The van der Waals surface area contributed by atoms with Crippen LogP contribution in [-0.4, -0.2) is 11.1 Å². The Hall–Kier alpha value is -2.30. The molecule has 0 saturated heterocycles. The normalized spacial score (nSPS) is 11.3. The largest absolute Gasteiger partial charge is 0.478 e. The quantitative estimate of drug-likeness (QED) is 0.922. The van der Waals surface area contributed by atoms with Crippen LogP contribution in [0.25, 0.3) is 0 Å². The molecule has 20 heavy (non-hydrogen) atoms. The van der Waals surface area contributed by atoms with E-state index in [-0.39, 0.29) is 12.0 Å². The Kier molecular flexibility index (Phi) is 3.79. The summed E-state index contributed by atoms with van der Waals surface area (Å²) in [6, 6.07) is 11.2. The Morgan fingerprint density at radius 1 is 1.05 bits per heavy atom. The van der Waals surface area contributed by atoms with Gasteiger partial charge in [0.1, 0.15) is 0 Å². The molecule has 0 bridgehead atoms. The molecule has 0 unspecified atom stereocenters. The summed E-state index contributed by atoms with van der Waals surface area (Å²) in [6.07, 6.45) is -4.26. The molecule has 0 atom stereocenters. The highest BCUT2D eigenvalue weighted by molar-refractivity contribution is 5.89. The molecule has 104 valence electrons. The molecule has 0 amide bonds. The second-order valence-corrected chi connectivity index (χ2v) is 4.34. The molecular formula is C15H11F3O2. The number of carbonyl (C=O) groups is 1. The summed E-state index contributed by atoms with van der Waals surface area (Å²) >= 11 is 0. The zero-order valence-electron chi connectivity index (χ0n) is 10.3. The Morgan fingerprint density at radius 2 is 1.75 bits per heavy atom. The number of hydrogen-bond acceptors (Lipinski definition) is 1. The van der Waals surface area contributed by atoms with Crippen LogP contribution in [0.4, 0.5) is 13.2 Å². The number of carboxylic acids is 1. The van der Waals surface area contributed by atoms with Crippen molar-refractivity contribution >= 4 is 5.97 Å². The van der Waals surface area contributed by atoms with E-state index in [4.69, 9.17) is 5.11 Å². The van der Waals surface area contributed by atoms with Crippen LogP contribution in [0.3, 0.4) is 0 Å². The molecule has 0 radical (unpaired) electrons. The number of benzene rings is 2. The zero-order chi connectivity index (χ0) is 14.8. The molecule has 0 fully saturated rings. The van der Waals surface area contributed by atoms with E-state index < -0.39 is 17.7 Å². The molecule has 2 aromatic rings. The van der Waals surface area contributed by atoms with Crippen molar-refractivity contribution in [1.29, 1.82) is 0 Å². The molecule has 0 heterocycles. The summed E-state index contributed by atoms with van der Waals surface area (Å²) in [5.41, 5.74) is 0.278. The third-order valence-electron chi connectivity index (χ3n) is 2.90. The lowest BCUT2D eigenvalue weighted by atomic mass is 9.98. The monoisotopic (exact) mass is 280 g/mol. The third-order valence-corrected chi connectivity index (χ3v) is 2.90. The average molecular weight is 280 g/mol. The van der Waals surface area contributed by atoms with Crippen molar-refractivity contribution in [3.8, 4) is 0 Å². The van der Waals surface area contributed by atoms with E-state index >= 15 is 0 Å². The Morgan fingerprint density at radius 3 is 2.40 bits per heavy atom. The van der Waals surface area contributed by atoms with Crippen LogP contribution < -0.4 is 0 Å². The summed E-state index contributed by atoms with van der Waals surface area (Å²) in [5, 5.41) is 9.05. The van der Waals surface area contributed by atoms with Gasteiger partial charge in [-0.25, -0.2) is 4.79 Å². The van der Waals surface area contributed by atoms with Crippen molar-refractivity contribution in [1.82, 2.24) is 0 Å². The second kappa shape index (κ2) is 5.36. The van der Waals surface area contributed by atoms with Crippen LogP contribution in [0.15, 0.2) is 48.5 Å². The van der Waals surface area contributed by atoms with E-state index in [0.717, 1.165) is 12.1 Å². The standard InChI is InChI=1S/C15H11F3O2/c16-15(17,18)12-6-3-4-10(9-12)8-11-5-1-2-7-13(11)14(19)20/h1-7,9H,8H2,(H,19,20). The molecule has 1 N–H and O–H groups in total. The Labute approximate surface area is 113 Å². The molecular weight excluding hydrogens is 269 g/mol. The molecule has 0 aliphatic heterocycles. The van der Waals surface area contributed by atoms with Gasteiger partial charge in [-0.15, -0.1) is 0 Å². The number of aromatic carboxylic acids is 1. The van der Waals surface area contributed by atoms with Crippen molar-refractivity contribution in [2.45, 2.75) is 12.6 Å². The van der Waals surface area contributed by atoms with Crippen LogP contribution in [0.5, 0.6) is 0 Å². The SMILES string of the molecule is O=C(O)c1ccccc1Cc1cccc(C(F)(F)F)c1. The van der Waals surface area contributed by atoms with Gasteiger partial charge in [-0.1, -0.05) is 36.4 Å². The predicted molar refractivity (Wildman–Crippen MR) is 67.7 cm³/mol. The van der Waals surface area contributed by atoms with Gasteiger partial charge in [0, 0.05) is 0 Å². The number of alkyl halides is 3. The first-order chi connectivity index (χ1) is 9.38. The zero-order valence-corrected chi connectivity index (χ0v) is 10.3. The van der Waals surface area contributed by atoms with Gasteiger partial charge in [-0.2, -0.15) is 13.2 Å². The van der Waals surface area contributed by atoms with Gasteiger partial charge in [0.05, 0.1) is 11.1 Å². The number of hydrogen-bond donors (Lipinski definition) is 1. The summed E-state index contributed by atoms with van der Waals surface area (Å²) in [4.78, 5) is 11.1. The summed E-state index contributed by atoms with van der Waals surface area (Å²) in [5.74, 6) is -1.09. The van der Waals surface area contributed by atoms with E-state index in [0.29, 0.717) is 11.1 Å². The molecule has 0 aromatic heterocycles. The average Bonchev–Trinajstić information content (AvgIpc) is 2.38. The first-order valence-corrected chi connectivity index (χ1v) is 5.85. The fourth-order valence-corrected chi connectivity index (χ4v) is 1.96. The smallest absolute Gasteiger partial charge is 0.416 e. The lowest BCUT2D eigenvalue weighted by Crippen LogP contribution is -2.06. The number of rotatable bonds is 3. The first-order valence-electron chi connectivity index (χ1n) is 5.85. The minimum Gasteiger partial charge on any atom is -0.478 e. The minimum atomic E-state index is -4.40. The molecule has 0 aliphatic rings. The van der Waals surface area contributed by atoms with Gasteiger partial charge < -0.3 is 5.11 Å². The summed E-state index contributed by atoms with van der Waals surface area (Å²) < 4.78 is 37.9.